The molecular weight excluding hydrogens is 264 g/mol. The quantitative estimate of drug-likeness (QED) is 0.658. The van der Waals surface area contributed by atoms with E-state index in [9.17, 15) is 23.5 Å². The predicted octanol–water partition coefficient (Wildman–Crippen LogP) is -0.595. The minimum atomic E-state index is -3.00. The van der Waals surface area contributed by atoms with E-state index in [-0.39, 0.29) is 0 Å². The molecule has 0 radical (unpaired) electrons. The van der Waals surface area contributed by atoms with Crippen LogP contribution in [0.25, 0.3) is 0 Å². The van der Waals surface area contributed by atoms with Gasteiger partial charge in [-0.3, -0.25) is 14.5 Å². The Bertz CT molecular complexity index is 452. The monoisotopic (exact) mass is 277 g/mol. The Kier molecular flexibility index (Phi) is 3.20. The highest BCUT2D eigenvalue weighted by Crippen LogP contribution is 2.43. The Morgan fingerprint density at radius 2 is 2.16 bits per heavy atom. The van der Waals surface area contributed by atoms with Crippen molar-refractivity contribution in [2.45, 2.75) is 37.2 Å². The fourth-order valence-electron chi connectivity index (χ4n) is 2.13. The van der Waals surface area contributed by atoms with Gasteiger partial charge in [0, 0.05) is 6.20 Å². The van der Waals surface area contributed by atoms with Crippen molar-refractivity contribution in [2.75, 3.05) is 6.61 Å². The van der Waals surface area contributed by atoms with E-state index in [1.165, 1.54) is 0 Å². The van der Waals surface area contributed by atoms with E-state index in [0.29, 0.717) is 4.90 Å². The molecule has 1 fully saturated rings. The van der Waals surface area contributed by atoms with Gasteiger partial charge in [0.1, 0.15) is 6.61 Å². The van der Waals surface area contributed by atoms with E-state index in [1.807, 2.05) is 0 Å². The van der Waals surface area contributed by atoms with E-state index in [0.717, 1.165) is 19.2 Å². The number of ether oxygens (including phenoxy) is 1. The third kappa shape index (κ3) is 2.05. The maximum absolute atomic E-state index is 14.4. The Balaban J connectivity index is 2.33. The van der Waals surface area contributed by atoms with Crippen LogP contribution in [0.3, 0.4) is 0 Å². The number of carbonyl (C=O) groups excluding carboxylic acids is 2. The van der Waals surface area contributed by atoms with Gasteiger partial charge in [0.25, 0.3) is 5.85 Å². The van der Waals surface area contributed by atoms with Crippen LogP contribution in [0.15, 0.2) is 12.3 Å². The third-order valence-electron chi connectivity index (χ3n) is 3.24. The summed E-state index contributed by atoms with van der Waals surface area (Å²) < 4.78 is 33.0. The molecule has 6 nitrogen and oxygen atoms in total. The number of carbonyl (C=O) groups is 2. The molecule has 2 heterocycles. The van der Waals surface area contributed by atoms with Crippen molar-refractivity contribution >= 4 is 11.7 Å². The zero-order chi connectivity index (χ0) is 14.4. The van der Waals surface area contributed by atoms with Crippen molar-refractivity contribution in [1.29, 1.82) is 0 Å². The smallest absolute Gasteiger partial charge is 0.263 e. The van der Waals surface area contributed by atoms with Crippen LogP contribution in [-0.4, -0.2) is 57.3 Å². The highest BCUT2D eigenvalue weighted by Gasteiger charge is 2.65. The molecule has 2 aliphatic heterocycles. The highest BCUT2D eigenvalue weighted by molar-refractivity contribution is 6.06. The van der Waals surface area contributed by atoms with Gasteiger partial charge in [0.2, 0.25) is 5.91 Å². The summed E-state index contributed by atoms with van der Waals surface area (Å²) in [5, 5.41) is 18.4. The molecule has 1 amide bonds. The van der Waals surface area contributed by atoms with E-state index >= 15 is 0 Å². The van der Waals surface area contributed by atoms with Crippen LogP contribution in [0.4, 0.5) is 8.78 Å². The second kappa shape index (κ2) is 4.32. The summed E-state index contributed by atoms with van der Waals surface area (Å²) in [7, 11) is 0. The molecular formula is C11H13F2NO5. The average molecular weight is 277 g/mol. The molecule has 0 aromatic heterocycles. The Labute approximate surface area is 107 Å². The topological polar surface area (TPSA) is 87.1 Å². The number of amides is 1. The number of aliphatic hydroxyl groups excluding tert-OH is 2. The van der Waals surface area contributed by atoms with Crippen molar-refractivity contribution < 1.29 is 33.3 Å². The van der Waals surface area contributed by atoms with Gasteiger partial charge in [0.15, 0.2) is 23.8 Å². The maximum Gasteiger partial charge on any atom is 0.263 e. The molecule has 2 aliphatic rings. The summed E-state index contributed by atoms with van der Waals surface area (Å²) >= 11 is 0. The van der Waals surface area contributed by atoms with Gasteiger partial charge in [-0.05, 0) is 13.0 Å². The molecule has 8 heteroatoms. The first-order valence-electron chi connectivity index (χ1n) is 5.59. The van der Waals surface area contributed by atoms with Crippen molar-refractivity contribution in [2.24, 2.45) is 0 Å². The summed E-state index contributed by atoms with van der Waals surface area (Å²) in [5.74, 6) is -4.23. The molecule has 4 atom stereocenters. The third-order valence-corrected chi connectivity index (χ3v) is 3.24. The van der Waals surface area contributed by atoms with Crippen molar-refractivity contribution in [1.82, 2.24) is 4.90 Å². The lowest BCUT2D eigenvalue weighted by Gasteiger charge is -2.32. The van der Waals surface area contributed by atoms with Gasteiger partial charge in [-0.2, -0.15) is 0 Å². The summed E-state index contributed by atoms with van der Waals surface area (Å²) in [4.78, 5) is 23.3. The first kappa shape index (κ1) is 14.0. The average Bonchev–Trinajstić information content (AvgIpc) is 2.51. The van der Waals surface area contributed by atoms with Crippen molar-refractivity contribution in [3.63, 3.8) is 0 Å². The number of alkyl halides is 2. The number of nitrogens with zero attached hydrogens (tertiary/aromatic N) is 1. The lowest BCUT2D eigenvalue weighted by atomic mass is 9.96. The number of ketones is 1. The Hall–Kier alpha value is -1.38. The normalized spacial score (nSPS) is 43.1. The van der Waals surface area contributed by atoms with Gasteiger partial charge in [0.05, 0.1) is 6.42 Å². The summed E-state index contributed by atoms with van der Waals surface area (Å²) in [5.41, 5.74) is -2.63. The van der Waals surface area contributed by atoms with Crippen LogP contribution in [0.5, 0.6) is 0 Å². The second-order valence-electron chi connectivity index (χ2n) is 4.73. The molecule has 2 rings (SSSR count). The number of rotatable bonds is 2. The van der Waals surface area contributed by atoms with Gasteiger partial charge < -0.3 is 14.9 Å². The number of hydrogen-bond acceptors (Lipinski definition) is 5. The SMILES string of the molecule is C[C@]1(F)C(N2C=CC(=O)CC2=O)O[C@](F)(CO)[C@H]1O. The van der Waals surface area contributed by atoms with E-state index < -0.39 is 48.6 Å². The van der Waals surface area contributed by atoms with E-state index in [2.05, 4.69) is 4.74 Å². The van der Waals surface area contributed by atoms with Crippen LogP contribution < -0.4 is 0 Å². The molecule has 0 bridgehead atoms. The van der Waals surface area contributed by atoms with E-state index in [4.69, 9.17) is 5.11 Å². The van der Waals surface area contributed by atoms with Crippen LogP contribution in [0.1, 0.15) is 13.3 Å². The van der Waals surface area contributed by atoms with Crippen LogP contribution in [-0.2, 0) is 14.3 Å². The summed E-state index contributed by atoms with van der Waals surface area (Å²) in [6.07, 6.45) is -2.48. The largest absolute Gasteiger partial charge is 0.390 e. The number of hydrogen-bond donors (Lipinski definition) is 2. The first-order chi connectivity index (χ1) is 8.72. The van der Waals surface area contributed by atoms with Gasteiger partial charge in [-0.1, -0.05) is 0 Å². The van der Waals surface area contributed by atoms with Crippen molar-refractivity contribution in [3.05, 3.63) is 12.3 Å². The predicted molar refractivity (Wildman–Crippen MR) is 56.9 cm³/mol. The fourth-order valence-corrected chi connectivity index (χ4v) is 2.13. The number of allylic oxidation sites excluding steroid dienone is 1. The second-order valence-corrected chi connectivity index (χ2v) is 4.73. The zero-order valence-corrected chi connectivity index (χ0v) is 10.0. The van der Waals surface area contributed by atoms with Crippen LogP contribution in [0.2, 0.25) is 0 Å². The molecule has 0 aliphatic carbocycles. The lowest BCUT2D eigenvalue weighted by molar-refractivity contribution is -0.212. The molecule has 1 saturated heterocycles. The first-order valence-corrected chi connectivity index (χ1v) is 5.59. The highest BCUT2D eigenvalue weighted by atomic mass is 19.2. The lowest BCUT2D eigenvalue weighted by Crippen LogP contribution is -2.52. The van der Waals surface area contributed by atoms with Gasteiger partial charge in [-0.15, -0.1) is 0 Å². The number of halogens is 2. The minimum absolute atomic E-state index is 0.464. The molecule has 1 unspecified atom stereocenters. The molecule has 0 saturated carbocycles. The standard InChI is InChI=1S/C11H13F2NO5/c1-10(12)8(18)11(13,5-15)19-9(10)14-3-2-6(16)4-7(14)17/h2-3,8-9,15,18H,4-5H2,1H3/t8-,9?,10+,11+/m0/s1. The summed E-state index contributed by atoms with van der Waals surface area (Å²) in [6.45, 7) is -0.397. The molecule has 0 aromatic rings. The van der Waals surface area contributed by atoms with Crippen molar-refractivity contribution in [3.8, 4) is 0 Å². The molecule has 2 N–H and O–H groups in total. The molecule has 106 valence electrons. The summed E-state index contributed by atoms with van der Waals surface area (Å²) in [6, 6.07) is 0. The van der Waals surface area contributed by atoms with E-state index in [1.54, 1.807) is 0 Å². The minimum Gasteiger partial charge on any atom is -0.390 e. The zero-order valence-electron chi connectivity index (χ0n) is 10.0. The Morgan fingerprint density at radius 3 is 2.63 bits per heavy atom. The van der Waals surface area contributed by atoms with Crippen LogP contribution in [0, 0.1) is 0 Å². The fraction of sp³-hybridized carbons (Fsp3) is 0.636. The van der Waals surface area contributed by atoms with Crippen LogP contribution >= 0.6 is 0 Å². The maximum atomic E-state index is 14.4. The molecule has 0 aromatic carbocycles. The molecule has 19 heavy (non-hydrogen) atoms. The number of aliphatic hydroxyl groups is 2. The molecule has 0 spiro atoms. The van der Waals surface area contributed by atoms with Gasteiger partial charge in [-0.25, -0.2) is 8.78 Å². The van der Waals surface area contributed by atoms with Gasteiger partial charge >= 0.3 is 0 Å². The Morgan fingerprint density at radius 1 is 1.53 bits per heavy atom.